The van der Waals surface area contributed by atoms with Crippen molar-refractivity contribution in [2.45, 2.75) is 25.9 Å². The van der Waals surface area contributed by atoms with Crippen LogP contribution in [0.1, 0.15) is 17.5 Å². The van der Waals surface area contributed by atoms with Gasteiger partial charge in [-0.15, -0.1) is 0 Å². The topological polar surface area (TPSA) is 50.2 Å². The molecule has 3 aromatic rings. The van der Waals surface area contributed by atoms with E-state index < -0.39 is 0 Å². The number of nitrogens with zero attached hydrogens (tertiary/aromatic N) is 3. The van der Waals surface area contributed by atoms with Gasteiger partial charge in [-0.2, -0.15) is 5.10 Å². The molecule has 1 amide bonds. The molecule has 1 aliphatic rings. The number of aromatic nitrogens is 2. The minimum absolute atomic E-state index is 0.0165. The van der Waals surface area contributed by atoms with Crippen molar-refractivity contribution in [1.82, 2.24) is 20.0 Å². The van der Waals surface area contributed by atoms with Crippen LogP contribution in [0.2, 0.25) is 0 Å². The number of amides is 1. The third-order valence-electron chi connectivity index (χ3n) is 5.03. The third-order valence-corrected chi connectivity index (χ3v) is 5.03. The number of fused-ring (bicyclic) bond motifs is 2. The van der Waals surface area contributed by atoms with Gasteiger partial charge in [-0.1, -0.05) is 42.5 Å². The van der Waals surface area contributed by atoms with Crippen LogP contribution in [-0.2, 0) is 24.3 Å². The van der Waals surface area contributed by atoms with Gasteiger partial charge in [-0.05, 0) is 30.0 Å². The molecule has 1 aromatic heterocycles. The Bertz CT molecular complexity index is 902. The lowest BCUT2D eigenvalue weighted by atomic mass is 10.00. The number of carbonyl (C=O) groups excluding carboxylic acids is 1. The molecule has 0 spiro atoms. The summed E-state index contributed by atoms with van der Waals surface area (Å²) in [6, 6.07) is 16.6. The second-order valence-electron chi connectivity index (χ2n) is 6.86. The minimum atomic E-state index is 0.0165. The van der Waals surface area contributed by atoms with Crippen LogP contribution in [0.3, 0.4) is 0 Å². The lowest BCUT2D eigenvalue weighted by molar-refractivity contribution is -0.121. The first-order valence-electron chi connectivity index (χ1n) is 9.26. The number of hydrogen-bond acceptors (Lipinski definition) is 3. The molecule has 5 nitrogen and oxygen atoms in total. The Kier molecular flexibility index (Phi) is 4.97. The Morgan fingerprint density at radius 3 is 2.81 bits per heavy atom. The second kappa shape index (κ2) is 7.70. The summed E-state index contributed by atoms with van der Waals surface area (Å²) in [4.78, 5) is 14.7. The standard InChI is InChI=1S/C21H24N4O/c26-21(16-25-20-9-4-3-7-18(20)14-23-25)22-11-5-12-24-13-10-17-6-1-2-8-19(17)15-24/h1-4,6-9,14H,5,10-13,15-16H2,(H,22,26). The summed E-state index contributed by atoms with van der Waals surface area (Å²) in [5.41, 5.74) is 3.91. The van der Waals surface area contributed by atoms with E-state index in [9.17, 15) is 4.79 Å². The van der Waals surface area contributed by atoms with E-state index in [4.69, 9.17) is 0 Å². The quantitative estimate of drug-likeness (QED) is 0.697. The van der Waals surface area contributed by atoms with Crippen LogP contribution in [0.4, 0.5) is 0 Å². The highest BCUT2D eigenvalue weighted by molar-refractivity contribution is 5.81. The summed E-state index contributed by atoms with van der Waals surface area (Å²) in [5.74, 6) is 0.0165. The van der Waals surface area contributed by atoms with Crippen LogP contribution in [0.25, 0.3) is 10.9 Å². The lowest BCUT2D eigenvalue weighted by Crippen LogP contribution is -2.34. The molecule has 0 fully saturated rings. The van der Waals surface area contributed by atoms with Crippen LogP contribution in [0.5, 0.6) is 0 Å². The van der Waals surface area contributed by atoms with Crippen LogP contribution >= 0.6 is 0 Å². The molecule has 0 saturated heterocycles. The maximum atomic E-state index is 12.2. The number of benzene rings is 2. The highest BCUT2D eigenvalue weighted by Crippen LogP contribution is 2.18. The summed E-state index contributed by atoms with van der Waals surface area (Å²) in [6.45, 7) is 4.10. The average molecular weight is 348 g/mol. The molecule has 26 heavy (non-hydrogen) atoms. The lowest BCUT2D eigenvalue weighted by Gasteiger charge is -2.28. The van der Waals surface area contributed by atoms with Crippen molar-refractivity contribution in [3.63, 3.8) is 0 Å². The molecular weight excluding hydrogens is 324 g/mol. The van der Waals surface area contributed by atoms with E-state index in [0.29, 0.717) is 6.54 Å². The first-order valence-corrected chi connectivity index (χ1v) is 9.26. The molecule has 0 saturated carbocycles. The molecule has 4 rings (SSSR count). The number of carbonyl (C=O) groups is 1. The van der Waals surface area contributed by atoms with Gasteiger partial charge in [0.25, 0.3) is 0 Å². The number of rotatable bonds is 6. The van der Waals surface area contributed by atoms with Crippen LogP contribution in [0, 0.1) is 0 Å². The second-order valence-corrected chi connectivity index (χ2v) is 6.86. The minimum Gasteiger partial charge on any atom is -0.354 e. The van der Waals surface area contributed by atoms with E-state index in [2.05, 4.69) is 39.6 Å². The maximum absolute atomic E-state index is 12.2. The monoisotopic (exact) mass is 348 g/mol. The summed E-state index contributed by atoms with van der Waals surface area (Å²) >= 11 is 0. The zero-order valence-corrected chi connectivity index (χ0v) is 14.9. The van der Waals surface area contributed by atoms with Crippen molar-refractivity contribution in [3.05, 3.63) is 65.9 Å². The normalized spacial score (nSPS) is 14.3. The highest BCUT2D eigenvalue weighted by Gasteiger charge is 2.15. The highest BCUT2D eigenvalue weighted by atomic mass is 16.2. The van der Waals surface area contributed by atoms with Gasteiger partial charge in [0.2, 0.25) is 5.91 Å². The SMILES string of the molecule is O=C(Cn1ncc2ccccc21)NCCCN1CCc2ccccc2C1. The summed E-state index contributed by atoms with van der Waals surface area (Å²) in [5, 5.41) is 8.38. The third kappa shape index (κ3) is 3.78. The largest absolute Gasteiger partial charge is 0.354 e. The van der Waals surface area contributed by atoms with Crippen LogP contribution in [-0.4, -0.2) is 40.2 Å². The number of nitrogens with one attached hydrogen (secondary N) is 1. The van der Waals surface area contributed by atoms with Gasteiger partial charge >= 0.3 is 0 Å². The summed E-state index contributed by atoms with van der Waals surface area (Å²) in [7, 11) is 0. The Hall–Kier alpha value is -2.66. The molecule has 2 heterocycles. The van der Waals surface area contributed by atoms with E-state index >= 15 is 0 Å². The Labute approximate surface area is 153 Å². The predicted molar refractivity (Wildman–Crippen MR) is 103 cm³/mol. The van der Waals surface area contributed by atoms with E-state index in [1.54, 1.807) is 10.9 Å². The first kappa shape index (κ1) is 16.8. The number of para-hydroxylation sites is 1. The Balaban J connectivity index is 1.21. The molecule has 1 N–H and O–H groups in total. The Morgan fingerprint density at radius 1 is 1.08 bits per heavy atom. The fourth-order valence-corrected chi connectivity index (χ4v) is 3.62. The first-order chi connectivity index (χ1) is 12.8. The smallest absolute Gasteiger partial charge is 0.241 e. The van der Waals surface area contributed by atoms with E-state index in [-0.39, 0.29) is 12.5 Å². The predicted octanol–water partition coefficient (Wildman–Crippen LogP) is 2.60. The fourth-order valence-electron chi connectivity index (χ4n) is 3.62. The van der Waals surface area contributed by atoms with Crippen molar-refractivity contribution in [3.8, 4) is 0 Å². The fraction of sp³-hybridized carbons (Fsp3) is 0.333. The molecular formula is C21H24N4O. The molecule has 0 radical (unpaired) electrons. The van der Waals surface area contributed by atoms with E-state index in [1.807, 2.05) is 24.3 Å². The van der Waals surface area contributed by atoms with E-state index in [0.717, 1.165) is 43.4 Å². The Morgan fingerprint density at radius 2 is 1.88 bits per heavy atom. The van der Waals surface area contributed by atoms with Crippen molar-refractivity contribution in [2.24, 2.45) is 0 Å². The number of hydrogen-bond donors (Lipinski definition) is 1. The summed E-state index contributed by atoms with van der Waals surface area (Å²) in [6.07, 6.45) is 3.89. The van der Waals surface area contributed by atoms with Gasteiger partial charge in [0, 0.05) is 31.6 Å². The van der Waals surface area contributed by atoms with Crippen molar-refractivity contribution in [2.75, 3.05) is 19.6 Å². The van der Waals surface area contributed by atoms with Gasteiger partial charge in [-0.25, -0.2) is 0 Å². The maximum Gasteiger partial charge on any atom is 0.241 e. The summed E-state index contributed by atoms with van der Waals surface area (Å²) < 4.78 is 1.76. The van der Waals surface area contributed by atoms with E-state index in [1.165, 1.54) is 11.1 Å². The van der Waals surface area contributed by atoms with Gasteiger partial charge in [0.05, 0.1) is 11.7 Å². The molecule has 134 valence electrons. The van der Waals surface area contributed by atoms with Crippen molar-refractivity contribution in [1.29, 1.82) is 0 Å². The molecule has 5 heteroatoms. The molecule has 0 unspecified atom stereocenters. The van der Waals surface area contributed by atoms with Gasteiger partial charge in [0.15, 0.2) is 0 Å². The molecule has 1 aliphatic heterocycles. The molecule has 0 aliphatic carbocycles. The molecule has 0 bridgehead atoms. The zero-order valence-electron chi connectivity index (χ0n) is 14.9. The molecule has 0 atom stereocenters. The average Bonchev–Trinajstić information content (AvgIpc) is 3.08. The van der Waals surface area contributed by atoms with Crippen molar-refractivity contribution < 1.29 is 4.79 Å². The van der Waals surface area contributed by atoms with Crippen LogP contribution < -0.4 is 5.32 Å². The van der Waals surface area contributed by atoms with Gasteiger partial charge in [-0.3, -0.25) is 14.4 Å². The van der Waals surface area contributed by atoms with Crippen molar-refractivity contribution >= 4 is 16.8 Å². The van der Waals surface area contributed by atoms with Gasteiger partial charge in [0.1, 0.15) is 6.54 Å². The molecule has 2 aromatic carbocycles. The zero-order chi connectivity index (χ0) is 17.8. The van der Waals surface area contributed by atoms with Crippen LogP contribution in [0.15, 0.2) is 54.7 Å². The van der Waals surface area contributed by atoms with Gasteiger partial charge < -0.3 is 5.32 Å².